The lowest BCUT2D eigenvalue weighted by atomic mass is 9.99. The highest BCUT2D eigenvalue weighted by molar-refractivity contribution is 6.08. The lowest BCUT2D eigenvalue weighted by Gasteiger charge is -2.35. The fourth-order valence-corrected chi connectivity index (χ4v) is 4.09. The van der Waals surface area contributed by atoms with Crippen LogP contribution in [0.2, 0.25) is 0 Å². The number of hydrogen-bond acceptors (Lipinski definition) is 6. The smallest absolute Gasteiger partial charge is 0.323 e. The van der Waals surface area contributed by atoms with Crippen LogP contribution in [0.4, 0.5) is 35.3 Å². The zero-order valence-corrected chi connectivity index (χ0v) is 19.0. The molecule has 9 nitrogen and oxygen atoms in total. The van der Waals surface area contributed by atoms with E-state index in [2.05, 4.69) is 25.3 Å². The third kappa shape index (κ3) is 4.06. The van der Waals surface area contributed by atoms with Gasteiger partial charge in [0.15, 0.2) is 0 Å². The molecule has 0 radical (unpaired) electrons. The predicted octanol–water partition coefficient (Wildman–Crippen LogP) is 4.77. The first kappa shape index (κ1) is 23.1. The topological polar surface area (TPSA) is 104 Å². The summed E-state index contributed by atoms with van der Waals surface area (Å²) in [6.45, 7) is 1.51. The van der Waals surface area contributed by atoms with Crippen molar-refractivity contribution in [3.05, 3.63) is 66.2 Å². The zero-order valence-electron chi connectivity index (χ0n) is 19.0. The Morgan fingerprint density at radius 2 is 1.81 bits per heavy atom. The minimum absolute atomic E-state index is 0.0250. The molecule has 0 spiro atoms. The Kier molecular flexibility index (Phi) is 5.50. The van der Waals surface area contributed by atoms with Crippen molar-refractivity contribution in [3.8, 4) is 11.1 Å². The second-order valence-corrected chi connectivity index (χ2v) is 8.18. The predicted molar refractivity (Wildman–Crippen MR) is 125 cm³/mol. The molecule has 12 heteroatoms. The number of pyridine rings is 2. The van der Waals surface area contributed by atoms with Crippen LogP contribution in [0.3, 0.4) is 0 Å². The van der Waals surface area contributed by atoms with Crippen LogP contribution < -0.4 is 10.2 Å². The normalized spacial score (nSPS) is 13.6. The van der Waals surface area contributed by atoms with Crippen molar-refractivity contribution in [1.29, 1.82) is 0 Å². The van der Waals surface area contributed by atoms with E-state index in [0.717, 1.165) is 6.07 Å². The second-order valence-electron chi connectivity index (χ2n) is 8.18. The number of carbonyl (C=O) groups excluding carboxylic acids is 2. The quantitative estimate of drug-likeness (QED) is 0.441. The average Bonchev–Trinajstić information content (AvgIpc) is 2.84. The lowest BCUT2D eigenvalue weighted by Crippen LogP contribution is -2.42. The van der Waals surface area contributed by atoms with Crippen molar-refractivity contribution in [3.63, 3.8) is 0 Å². The summed E-state index contributed by atoms with van der Waals surface area (Å²) in [5.41, 5.74) is 0.968. The molecule has 4 heterocycles. The molecule has 0 atom stereocenters. The van der Waals surface area contributed by atoms with E-state index in [1.807, 2.05) is 0 Å². The molecule has 1 N–H and O–H groups in total. The molecule has 3 amide bonds. The summed E-state index contributed by atoms with van der Waals surface area (Å²) < 4.78 is 42.7. The van der Waals surface area contributed by atoms with Gasteiger partial charge in [-0.15, -0.1) is 0 Å². The maximum Gasteiger partial charge on any atom is 0.417 e. The maximum atomic E-state index is 14.2. The highest BCUT2D eigenvalue weighted by Crippen LogP contribution is 2.43. The van der Waals surface area contributed by atoms with E-state index in [1.165, 1.54) is 41.2 Å². The fraction of sp³-hybridized carbons (Fsp3) is 0.167. The summed E-state index contributed by atoms with van der Waals surface area (Å²) in [6.07, 6.45) is 0.789. The van der Waals surface area contributed by atoms with Crippen molar-refractivity contribution >= 4 is 40.3 Å². The summed E-state index contributed by atoms with van der Waals surface area (Å²) in [4.78, 5) is 43.6. The molecule has 1 aliphatic rings. The third-order valence-corrected chi connectivity index (χ3v) is 5.64. The highest BCUT2D eigenvalue weighted by Gasteiger charge is 2.37. The van der Waals surface area contributed by atoms with Crippen molar-refractivity contribution in [2.45, 2.75) is 19.6 Å². The Balaban J connectivity index is 1.66. The summed E-state index contributed by atoms with van der Waals surface area (Å²) in [6, 6.07) is 6.55. The van der Waals surface area contributed by atoms with Crippen molar-refractivity contribution in [1.82, 2.24) is 24.8 Å². The third-order valence-electron chi connectivity index (χ3n) is 5.64. The Bertz CT molecular complexity index is 1510. The monoisotopic (exact) mass is 493 g/mol. The molecule has 0 saturated heterocycles. The van der Waals surface area contributed by atoms with Crippen LogP contribution in [0.25, 0.3) is 22.2 Å². The Hall–Kier alpha value is -4.61. The summed E-state index contributed by atoms with van der Waals surface area (Å²) >= 11 is 0. The van der Waals surface area contributed by atoms with Crippen LogP contribution in [0, 0.1) is 0 Å². The number of nitrogens with zero attached hydrogens (tertiary/aromatic N) is 6. The number of urea groups is 1. The first-order valence-electron chi connectivity index (χ1n) is 10.7. The molecule has 4 aromatic rings. The standard InChI is InChI=1S/C24H18F3N7O2/c1-13(35)32-22-30-9-14(10-31-22)17-6-5-16(8-18(17)24(25,26)27)34-21-15(12-33(2)23(34)36)11-29-19-4-3-7-28-20(19)21/h3-11H,12H2,1-2H3,(H,30,31,32,35). The minimum Gasteiger partial charge on any atom is -0.323 e. The molecule has 0 unspecified atom stereocenters. The number of aromatic nitrogens is 4. The van der Waals surface area contributed by atoms with Crippen molar-refractivity contribution in [2.24, 2.45) is 0 Å². The first-order chi connectivity index (χ1) is 17.1. The van der Waals surface area contributed by atoms with Gasteiger partial charge in [-0.25, -0.2) is 14.8 Å². The zero-order chi connectivity index (χ0) is 25.6. The molecule has 0 fully saturated rings. The number of halogens is 3. The molecule has 3 aromatic heterocycles. The van der Waals surface area contributed by atoms with Gasteiger partial charge in [-0.05, 0) is 29.8 Å². The van der Waals surface area contributed by atoms with E-state index >= 15 is 0 Å². The van der Waals surface area contributed by atoms with E-state index in [-0.39, 0.29) is 29.3 Å². The van der Waals surface area contributed by atoms with E-state index in [9.17, 15) is 22.8 Å². The molecular weight excluding hydrogens is 475 g/mol. The first-order valence-corrected chi connectivity index (χ1v) is 10.7. The molecule has 0 aliphatic carbocycles. The number of carbonyl (C=O) groups is 2. The van der Waals surface area contributed by atoms with Gasteiger partial charge in [0.25, 0.3) is 0 Å². The van der Waals surface area contributed by atoms with E-state index in [1.54, 1.807) is 31.6 Å². The number of alkyl halides is 3. The summed E-state index contributed by atoms with van der Waals surface area (Å²) in [5, 5.41) is 2.37. The van der Waals surface area contributed by atoms with Gasteiger partial charge in [-0.2, -0.15) is 13.2 Å². The maximum absolute atomic E-state index is 14.2. The number of rotatable bonds is 3. The van der Waals surface area contributed by atoms with Crippen molar-refractivity contribution in [2.75, 3.05) is 17.3 Å². The van der Waals surface area contributed by atoms with Crippen LogP contribution in [0.15, 0.2) is 55.1 Å². The molecule has 0 saturated carbocycles. The van der Waals surface area contributed by atoms with E-state index < -0.39 is 23.7 Å². The number of amides is 3. The van der Waals surface area contributed by atoms with Crippen LogP contribution in [-0.4, -0.2) is 43.8 Å². The Morgan fingerprint density at radius 3 is 2.50 bits per heavy atom. The van der Waals surface area contributed by atoms with Gasteiger partial charge in [-0.1, -0.05) is 6.07 Å². The number of benzene rings is 1. The fourth-order valence-electron chi connectivity index (χ4n) is 4.09. The number of nitrogens with one attached hydrogen (secondary N) is 1. The van der Waals surface area contributed by atoms with Gasteiger partial charge in [-0.3, -0.25) is 25.0 Å². The van der Waals surface area contributed by atoms with Gasteiger partial charge < -0.3 is 4.90 Å². The van der Waals surface area contributed by atoms with Gasteiger partial charge in [0.1, 0.15) is 5.52 Å². The van der Waals surface area contributed by atoms with Gasteiger partial charge in [0.05, 0.1) is 29.0 Å². The van der Waals surface area contributed by atoms with Crippen LogP contribution in [0.1, 0.15) is 18.1 Å². The summed E-state index contributed by atoms with van der Waals surface area (Å²) in [7, 11) is 1.56. The van der Waals surface area contributed by atoms with Gasteiger partial charge in [0.2, 0.25) is 11.9 Å². The minimum atomic E-state index is -4.74. The average molecular weight is 493 g/mol. The SMILES string of the molecule is CC(=O)Nc1ncc(-c2ccc(N3C(=O)N(C)Cc4cnc5cccnc5c43)cc2C(F)(F)F)cn1. The molecule has 182 valence electrons. The van der Waals surface area contributed by atoms with Crippen LogP contribution >= 0.6 is 0 Å². The van der Waals surface area contributed by atoms with Gasteiger partial charge in [0, 0.05) is 49.9 Å². The highest BCUT2D eigenvalue weighted by atomic mass is 19.4. The number of fused-ring (bicyclic) bond motifs is 3. The van der Waals surface area contributed by atoms with Crippen LogP contribution in [0.5, 0.6) is 0 Å². The largest absolute Gasteiger partial charge is 0.417 e. The number of anilines is 3. The second kappa shape index (κ2) is 8.56. The molecular formula is C24H18F3N7O2. The Morgan fingerprint density at radius 1 is 1.06 bits per heavy atom. The van der Waals surface area contributed by atoms with Crippen molar-refractivity contribution < 1.29 is 22.8 Å². The molecule has 1 aromatic carbocycles. The molecule has 36 heavy (non-hydrogen) atoms. The molecule has 5 rings (SSSR count). The Labute approximate surface area is 202 Å². The molecule has 1 aliphatic heterocycles. The summed E-state index contributed by atoms with van der Waals surface area (Å²) in [5.74, 6) is -0.431. The van der Waals surface area contributed by atoms with E-state index in [0.29, 0.717) is 22.3 Å². The molecule has 0 bridgehead atoms. The lowest BCUT2D eigenvalue weighted by molar-refractivity contribution is -0.137. The number of hydrogen-bond donors (Lipinski definition) is 1. The van der Waals surface area contributed by atoms with E-state index in [4.69, 9.17) is 0 Å². The van der Waals surface area contributed by atoms with Crippen LogP contribution in [-0.2, 0) is 17.5 Å². The van der Waals surface area contributed by atoms with Gasteiger partial charge >= 0.3 is 12.2 Å².